The molecule has 0 N–H and O–H groups in total. The molecule has 1 aliphatic carbocycles. The van der Waals surface area contributed by atoms with E-state index < -0.39 is 30.7 Å². The van der Waals surface area contributed by atoms with E-state index in [9.17, 15) is 0 Å². The van der Waals surface area contributed by atoms with Gasteiger partial charge in [0.15, 0.2) is 23.0 Å². The summed E-state index contributed by atoms with van der Waals surface area (Å²) < 4.78 is 65.0. The molecule has 0 bridgehead atoms. The van der Waals surface area contributed by atoms with E-state index in [1.54, 1.807) is 28.4 Å². The van der Waals surface area contributed by atoms with Gasteiger partial charge in [0, 0.05) is 5.56 Å². The zero-order valence-corrected chi connectivity index (χ0v) is 35.7. The molecule has 0 spiro atoms. The van der Waals surface area contributed by atoms with E-state index in [4.69, 9.17) is 47.4 Å². The van der Waals surface area contributed by atoms with Crippen LogP contribution in [-0.2, 0) is 63.0 Å². The molecule has 0 radical (unpaired) electrons. The molecule has 10 heteroatoms. The molecule has 0 saturated carbocycles. The summed E-state index contributed by atoms with van der Waals surface area (Å²) in [6.07, 6.45) is -2.22. The molecular weight excluding hydrogens is 785 g/mol. The number of rotatable bonds is 19. The van der Waals surface area contributed by atoms with Crippen molar-refractivity contribution in [1.29, 1.82) is 0 Å². The fourth-order valence-corrected chi connectivity index (χ4v) is 8.23. The third-order valence-electron chi connectivity index (χ3n) is 11.3. The van der Waals surface area contributed by atoms with E-state index in [2.05, 4.69) is 0 Å². The third kappa shape index (κ3) is 9.91. The van der Waals surface area contributed by atoms with Gasteiger partial charge in [0.1, 0.15) is 24.4 Å². The first-order valence-corrected chi connectivity index (χ1v) is 21.0. The smallest absolute Gasteiger partial charge is 0.229 e. The lowest BCUT2D eigenvalue weighted by Gasteiger charge is -2.46. The second kappa shape index (κ2) is 20.8. The maximum Gasteiger partial charge on any atom is 0.229 e. The molecule has 6 aromatic rings. The summed E-state index contributed by atoms with van der Waals surface area (Å²) in [5.41, 5.74) is 8.09. The van der Waals surface area contributed by atoms with Gasteiger partial charge in [-0.05, 0) is 70.0 Å². The Hall–Kier alpha value is -5.88. The zero-order chi connectivity index (χ0) is 42.7. The third-order valence-corrected chi connectivity index (χ3v) is 11.3. The highest BCUT2D eigenvalue weighted by atomic mass is 16.7. The van der Waals surface area contributed by atoms with Crippen molar-refractivity contribution in [3.05, 3.63) is 173 Å². The molecule has 1 fully saturated rings. The average Bonchev–Trinajstić information content (AvgIpc) is 3.32. The van der Waals surface area contributed by atoms with Gasteiger partial charge in [0.05, 0.1) is 61.5 Å². The van der Waals surface area contributed by atoms with Crippen molar-refractivity contribution in [3.63, 3.8) is 0 Å². The number of hydrogen-bond donors (Lipinski definition) is 0. The summed E-state index contributed by atoms with van der Waals surface area (Å²) in [6.45, 7) is 1.47. The van der Waals surface area contributed by atoms with Crippen LogP contribution in [-0.4, -0.2) is 65.8 Å². The van der Waals surface area contributed by atoms with Crippen LogP contribution in [0.1, 0.15) is 33.4 Å². The molecule has 8 rings (SSSR count). The second-order valence-corrected chi connectivity index (χ2v) is 15.3. The van der Waals surface area contributed by atoms with Gasteiger partial charge in [-0.2, -0.15) is 0 Å². The Morgan fingerprint density at radius 1 is 0.468 bits per heavy atom. The van der Waals surface area contributed by atoms with Gasteiger partial charge in [-0.25, -0.2) is 0 Å². The fraction of sp³-hybridized carbons (Fsp3) is 0.308. The molecule has 6 aromatic carbocycles. The van der Waals surface area contributed by atoms with Crippen LogP contribution in [0.4, 0.5) is 0 Å². The van der Waals surface area contributed by atoms with Gasteiger partial charge in [-0.15, -0.1) is 0 Å². The quantitative estimate of drug-likeness (QED) is 0.0786. The number of aryl methyl sites for hydroxylation is 2. The first-order chi connectivity index (χ1) is 30.6. The molecule has 1 saturated heterocycles. The largest absolute Gasteiger partial charge is 0.493 e. The predicted octanol–water partition coefficient (Wildman–Crippen LogP) is 9.56. The number of methoxy groups -OCH3 is 4. The second-order valence-electron chi connectivity index (χ2n) is 15.3. The molecule has 1 aliphatic heterocycles. The number of ether oxygens (including phenoxy) is 10. The van der Waals surface area contributed by atoms with Crippen LogP contribution >= 0.6 is 0 Å². The summed E-state index contributed by atoms with van der Waals surface area (Å²) in [5, 5.41) is 0. The highest BCUT2D eigenvalue weighted by Gasteiger charge is 2.50. The van der Waals surface area contributed by atoms with Crippen LogP contribution in [0.15, 0.2) is 140 Å². The van der Waals surface area contributed by atoms with Crippen molar-refractivity contribution in [2.75, 3.05) is 35.0 Å². The molecule has 5 atom stereocenters. The van der Waals surface area contributed by atoms with Gasteiger partial charge < -0.3 is 47.4 Å². The summed E-state index contributed by atoms with van der Waals surface area (Å²) >= 11 is 0. The first kappa shape index (κ1) is 42.8. The van der Waals surface area contributed by atoms with Crippen LogP contribution in [0.3, 0.4) is 0 Å². The fourth-order valence-electron chi connectivity index (χ4n) is 8.23. The SMILES string of the molecule is COc1cc2c(cc1OC)-c1c(cc(O[C@@H]3O[C@H](COCc4ccccc4)[C@@H](OCc4ccccc4)[C@H](OCc4ccccc4)[C@H]3OCc3ccccc3)c(OC)c1OC)CC2. The lowest BCUT2D eigenvalue weighted by atomic mass is 9.84. The van der Waals surface area contributed by atoms with Gasteiger partial charge in [0.25, 0.3) is 0 Å². The van der Waals surface area contributed by atoms with Crippen molar-refractivity contribution in [2.45, 2.75) is 70.0 Å². The van der Waals surface area contributed by atoms with Crippen LogP contribution < -0.4 is 23.7 Å². The number of hydrogen-bond acceptors (Lipinski definition) is 10. The zero-order valence-electron chi connectivity index (χ0n) is 35.7. The molecule has 62 heavy (non-hydrogen) atoms. The van der Waals surface area contributed by atoms with E-state index in [1.807, 2.05) is 140 Å². The van der Waals surface area contributed by atoms with E-state index in [1.165, 1.54) is 0 Å². The topological polar surface area (TPSA) is 92.3 Å². The number of fused-ring (bicyclic) bond motifs is 3. The molecule has 0 unspecified atom stereocenters. The van der Waals surface area contributed by atoms with E-state index in [0.29, 0.717) is 48.6 Å². The summed E-state index contributed by atoms with van der Waals surface area (Å²) in [7, 11) is 6.53. The minimum absolute atomic E-state index is 0.192. The van der Waals surface area contributed by atoms with E-state index in [-0.39, 0.29) is 13.2 Å². The van der Waals surface area contributed by atoms with Crippen molar-refractivity contribution in [3.8, 4) is 39.9 Å². The molecular formula is C52H54O10. The Morgan fingerprint density at radius 3 is 1.47 bits per heavy atom. The minimum atomic E-state index is -1.00. The van der Waals surface area contributed by atoms with Crippen molar-refractivity contribution in [1.82, 2.24) is 0 Å². The van der Waals surface area contributed by atoms with Crippen LogP contribution in [0.2, 0.25) is 0 Å². The summed E-state index contributed by atoms with van der Waals surface area (Å²) in [6, 6.07) is 46.3. The lowest BCUT2D eigenvalue weighted by Crippen LogP contribution is -2.62. The highest BCUT2D eigenvalue weighted by Crippen LogP contribution is 2.52. The standard InChI is InChI=1S/C52H54O10/c1-53-42-27-39-25-26-40-28-44(47(55-3)49(56-4)46(40)41(39)29-43(42)54-2)61-52-51(60-33-38-23-15-8-16-24-38)50(59-32-37-21-13-7-14-22-37)48(58-31-36-19-11-6-12-20-36)45(62-52)34-57-30-35-17-9-5-10-18-35/h5-24,27-29,45,48,50-52H,25-26,30-34H2,1-4H3/t45-,48-,50+,51-,52-/m1/s1. The Bertz CT molecular complexity index is 2320. The molecule has 10 nitrogen and oxygen atoms in total. The van der Waals surface area contributed by atoms with Crippen molar-refractivity contribution in [2.24, 2.45) is 0 Å². The Labute approximate surface area is 364 Å². The first-order valence-electron chi connectivity index (χ1n) is 21.0. The molecule has 2 aliphatic rings. The molecule has 322 valence electrons. The van der Waals surface area contributed by atoms with Gasteiger partial charge >= 0.3 is 0 Å². The highest BCUT2D eigenvalue weighted by molar-refractivity contribution is 5.84. The van der Waals surface area contributed by atoms with E-state index >= 15 is 0 Å². The summed E-state index contributed by atoms with van der Waals surface area (Å²) in [5.74, 6) is 2.70. The van der Waals surface area contributed by atoms with Gasteiger partial charge in [-0.3, -0.25) is 0 Å². The molecule has 0 amide bonds. The monoisotopic (exact) mass is 838 g/mol. The summed E-state index contributed by atoms with van der Waals surface area (Å²) in [4.78, 5) is 0. The van der Waals surface area contributed by atoms with Gasteiger partial charge in [0.2, 0.25) is 12.0 Å². The normalized spacial score (nSPS) is 19.2. The Morgan fingerprint density at radius 2 is 0.935 bits per heavy atom. The molecule has 0 aromatic heterocycles. The molecule has 1 heterocycles. The van der Waals surface area contributed by atoms with Crippen LogP contribution in [0.5, 0.6) is 28.7 Å². The Kier molecular flexibility index (Phi) is 14.4. The van der Waals surface area contributed by atoms with Crippen LogP contribution in [0.25, 0.3) is 11.1 Å². The van der Waals surface area contributed by atoms with Crippen LogP contribution in [0, 0.1) is 0 Å². The lowest BCUT2D eigenvalue weighted by molar-refractivity contribution is -0.310. The number of benzene rings is 6. The maximum absolute atomic E-state index is 7.06. The predicted molar refractivity (Wildman–Crippen MR) is 236 cm³/mol. The minimum Gasteiger partial charge on any atom is -0.493 e. The van der Waals surface area contributed by atoms with E-state index in [0.717, 1.165) is 57.3 Å². The van der Waals surface area contributed by atoms with Gasteiger partial charge in [-0.1, -0.05) is 121 Å². The Balaban J connectivity index is 1.20. The van der Waals surface area contributed by atoms with Crippen molar-refractivity contribution >= 4 is 0 Å². The van der Waals surface area contributed by atoms with Crippen molar-refractivity contribution < 1.29 is 47.4 Å². The maximum atomic E-state index is 7.06. The average molecular weight is 839 g/mol.